The molecule has 4 nitrogen and oxygen atoms in total. The summed E-state index contributed by atoms with van der Waals surface area (Å²) in [6.45, 7) is 6.68. The van der Waals surface area contributed by atoms with E-state index in [-0.39, 0.29) is 12.0 Å². The first-order chi connectivity index (χ1) is 6.69. The Morgan fingerprint density at radius 3 is 2.64 bits per heavy atom. The number of hydrogen-bond donors (Lipinski definition) is 0. The predicted molar refractivity (Wildman–Crippen MR) is 53.1 cm³/mol. The summed E-state index contributed by atoms with van der Waals surface area (Å²) in [6.07, 6.45) is -0.110. The molecule has 0 aromatic carbocycles. The van der Waals surface area contributed by atoms with E-state index in [0.29, 0.717) is 24.2 Å². The van der Waals surface area contributed by atoms with Crippen LogP contribution in [0.1, 0.15) is 38.6 Å². The van der Waals surface area contributed by atoms with E-state index >= 15 is 0 Å². The SMILES string of the molecule is CCOC(c1noc(CCl)n1)C(C)C. The number of rotatable bonds is 5. The molecule has 1 heterocycles. The Hall–Kier alpha value is -0.610. The molecule has 0 aliphatic heterocycles. The van der Waals surface area contributed by atoms with Crippen LogP contribution in [-0.2, 0) is 10.6 Å². The zero-order valence-corrected chi connectivity index (χ0v) is 9.41. The lowest BCUT2D eigenvalue weighted by Gasteiger charge is -2.16. The second-order valence-electron chi connectivity index (χ2n) is 3.30. The number of nitrogens with zero attached hydrogens (tertiary/aromatic N) is 2. The molecule has 0 bridgehead atoms. The molecule has 14 heavy (non-hydrogen) atoms. The molecule has 0 aliphatic rings. The Kier molecular flexibility index (Phi) is 4.35. The fourth-order valence-corrected chi connectivity index (χ4v) is 1.29. The summed E-state index contributed by atoms with van der Waals surface area (Å²) in [5, 5.41) is 3.83. The maximum atomic E-state index is 5.56. The summed E-state index contributed by atoms with van der Waals surface area (Å²) in [7, 11) is 0. The highest BCUT2D eigenvalue weighted by Crippen LogP contribution is 2.23. The minimum atomic E-state index is -0.110. The Morgan fingerprint density at radius 2 is 2.21 bits per heavy atom. The molecular weight excluding hydrogens is 204 g/mol. The van der Waals surface area contributed by atoms with Crippen LogP contribution in [-0.4, -0.2) is 16.7 Å². The van der Waals surface area contributed by atoms with E-state index in [1.807, 2.05) is 6.92 Å². The van der Waals surface area contributed by atoms with Crippen molar-refractivity contribution in [1.82, 2.24) is 10.1 Å². The smallest absolute Gasteiger partial charge is 0.241 e. The molecule has 0 radical (unpaired) electrons. The van der Waals surface area contributed by atoms with Gasteiger partial charge in [0.15, 0.2) is 0 Å². The maximum absolute atomic E-state index is 5.56. The van der Waals surface area contributed by atoms with Gasteiger partial charge in [0.1, 0.15) is 12.0 Å². The molecule has 0 fully saturated rings. The van der Waals surface area contributed by atoms with Crippen molar-refractivity contribution in [2.45, 2.75) is 32.8 Å². The molecule has 0 aliphatic carbocycles. The molecule has 0 amide bonds. The van der Waals surface area contributed by atoms with Crippen molar-refractivity contribution in [3.63, 3.8) is 0 Å². The van der Waals surface area contributed by atoms with Gasteiger partial charge in [-0.2, -0.15) is 4.98 Å². The third-order valence-corrected chi connectivity index (χ3v) is 2.03. The summed E-state index contributed by atoms with van der Waals surface area (Å²) >= 11 is 5.56. The topological polar surface area (TPSA) is 48.2 Å². The van der Waals surface area contributed by atoms with Crippen molar-refractivity contribution in [3.05, 3.63) is 11.7 Å². The number of alkyl halides is 1. The quantitative estimate of drug-likeness (QED) is 0.713. The molecule has 1 unspecified atom stereocenters. The van der Waals surface area contributed by atoms with Gasteiger partial charge in [-0.1, -0.05) is 19.0 Å². The van der Waals surface area contributed by atoms with E-state index in [1.54, 1.807) is 0 Å². The second kappa shape index (κ2) is 5.32. The van der Waals surface area contributed by atoms with Crippen LogP contribution < -0.4 is 0 Å². The maximum Gasteiger partial charge on any atom is 0.241 e. The summed E-state index contributed by atoms with van der Waals surface area (Å²) in [5.41, 5.74) is 0. The van der Waals surface area contributed by atoms with E-state index in [1.165, 1.54) is 0 Å². The first kappa shape index (κ1) is 11.5. The van der Waals surface area contributed by atoms with Gasteiger partial charge < -0.3 is 9.26 Å². The molecule has 1 rings (SSSR count). The number of halogens is 1. The average Bonchev–Trinajstić information content (AvgIpc) is 2.61. The monoisotopic (exact) mass is 218 g/mol. The lowest BCUT2D eigenvalue weighted by molar-refractivity contribution is 0.0217. The van der Waals surface area contributed by atoms with Gasteiger partial charge in [-0.25, -0.2) is 0 Å². The van der Waals surface area contributed by atoms with E-state index in [9.17, 15) is 0 Å². The van der Waals surface area contributed by atoms with Gasteiger partial charge in [-0.15, -0.1) is 11.6 Å². The molecule has 1 aromatic heterocycles. The standard InChI is InChI=1S/C9H15ClN2O2/c1-4-13-8(6(2)3)9-11-7(5-10)14-12-9/h6,8H,4-5H2,1-3H3. The van der Waals surface area contributed by atoms with E-state index in [0.717, 1.165) is 0 Å². The van der Waals surface area contributed by atoms with Gasteiger partial charge in [0.05, 0.1) is 0 Å². The summed E-state index contributed by atoms with van der Waals surface area (Å²) < 4.78 is 10.4. The molecule has 0 spiro atoms. The van der Waals surface area contributed by atoms with Crippen molar-refractivity contribution in [2.24, 2.45) is 5.92 Å². The molecule has 1 atom stereocenters. The molecule has 0 saturated heterocycles. The normalized spacial score (nSPS) is 13.5. The number of ether oxygens (including phenoxy) is 1. The van der Waals surface area contributed by atoms with Gasteiger partial charge in [0, 0.05) is 6.61 Å². The minimum Gasteiger partial charge on any atom is -0.370 e. The van der Waals surface area contributed by atoms with Gasteiger partial charge in [0.2, 0.25) is 11.7 Å². The summed E-state index contributed by atoms with van der Waals surface area (Å²) in [6, 6.07) is 0. The van der Waals surface area contributed by atoms with Crippen LogP contribution >= 0.6 is 11.6 Å². The molecule has 0 N–H and O–H groups in total. The predicted octanol–water partition coefficient (Wildman–Crippen LogP) is 2.54. The molecule has 80 valence electrons. The lowest BCUT2D eigenvalue weighted by Crippen LogP contribution is -2.12. The largest absolute Gasteiger partial charge is 0.370 e. The fourth-order valence-electron chi connectivity index (χ4n) is 1.18. The third kappa shape index (κ3) is 2.69. The van der Waals surface area contributed by atoms with E-state index in [4.69, 9.17) is 20.9 Å². The Morgan fingerprint density at radius 1 is 1.50 bits per heavy atom. The Bertz CT molecular complexity index is 276. The highest BCUT2D eigenvalue weighted by atomic mass is 35.5. The van der Waals surface area contributed by atoms with Crippen LogP contribution in [0.4, 0.5) is 0 Å². The van der Waals surface area contributed by atoms with Crippen molar-refractivity contribution < 1.29 is 9.26 Å². The zero-order chi connectivity index (χ0) is 10.6. The van der Waals surface area contributed by atoms with Gasteiger partial charge >= 0.3 is 0 Å². The third-order valence-electron chi connectivity index (χ3n) is 1.80. The summed E-state index contributed by atoms with van der Waals surface area (Å²) in [4.78, 5) is 4.13. The van der Waals surface area contributed by atoms with Gasteiger partial charge in [-0.3, -0.25) is 0 Å². The second-order valence-corrected chi connectivity index (χ2v) is 3.57. The van der Waals surface area contributed by atoms with E-state index in [2.05, 4.69) is 24.0 Å². The van der Waals surface area contributed by atoms with Crippen molar-refractivity contribution in [2.75, 3.05) is 6.61 Å². The lowest BCUT2D eigenvalue weighted by atomic mass is 10.1. The molecule has 1 aromatic rings. The van der Waals surface area contributed by atoms with Crippen LogP contribution in [0.5, 0.6) is 0 Å². The van der Waals surface area contributed by atoms with Crippen LogP contribution in [0, 0.1) is 5.92 Å². The zero-order valence-electron chi connectivity index (χ0n) is 8.66. The number of hydrogen-bond acceptors (Lipinski definition) is 4. The highest BCUT2D eigenvalue weighted by molar-refractivity contribution is 6.16. The molecular formula is C9H15ClN2O2. The molecule has 0 saturated carbocycles. The van der Waals surface area contributed by atoms with Crippen LogP contribution in [0.15, 0.2) is 4.52 Å². The molecule has 5 heteroatoms. The van der Waals surface area contributed by atoms with Gasteiger partial charge in [0.25, 0.3) is 0 Å². The van der Waals surface area contributed by atoms with Crippen LogP contribution in [0.25, 0.3) is 0 Å². The van der Waals surface area contributed by atoms with Crippen LogP contribution in [0.2, 0.25) is 0 Å². The van der Waals surface area contributed by atoms with Gasteiger partial charge in [-0.05, 0) is 12.8 Å². The van der Waals surface area contributed by atoms with Crippen molar-refractivity contribution in [3.8, 4) is 0 Å². The Balaban J connectivity index is 2.76. The average molecular weight is 219 g/mol. The van der Waals surface area contributed by atoms with Crippen molar-refractivity contribution in [1.29, 1.82) is 0 Å². The Labute approximate surface area is 88.6 Å². The number of aromatic nitrogens is 2. The summed E-state index contributed by atoms with van der Waals surface area (Å²) in [5.74, 6) is 1.57. The van der Waals surface area contributed by atoms with E-state index < -0.39 is 0 Å². The van der Waals surface area contributed by atoms with Crippen molar-refractivity contribution >= 4 is 11.6 Å². The van der Waals surface area contributed by atoms with Crippen LogP contribution in [0.3, 0.4) is 0 Å². The minimum absolute atomic E-state index is 0.110. The fraction of sp³-hybridized carbons (Fsp3) is 0.778. The first-order valence-corrected chi connectivity index (χ1v) is 5.22. The first-order valence-electron chi connectivity index (χ1n) is 4.69. The highest BCUT2D eigenvalue weighted by Gasteiger charge is 2.21.